The van der Waals surface area contributed by atoms with Crippen LogP contribution in [0.4, 0.5) is 0 Å². The molecule has 1 N–H and O–H groups in total. The van der Waals surface area contributed by atoms with Gasteiger partial charge in [-0.1, -0.05) is 83.3 Å². The van der Waals surface area contributed by atoms with E-state index in [0.717, 1.165) is 44.9 Å². The predicted octanol–water partition coefficient (Wildman–Crippen LogP) is 1.93. The maximum atomic E-state index is 10.4. The van der Waals surface area contributed by atoms with Crippen molar-refractivity contribution >= 4 is 10.1 Å². The van der Waals surface area contributed by atoms with Crippen molar-refractivity contribution in [2.45, 2.75) is 103 Å². The monoisotopic (exact) mass is 384 g/mol. The van der Waals surface area contributed by atoms with Crippen molar-refractivity contribution in [3.05, 3.63) is 12.2 Å². The second-order valence-electron chi connectivity index (χ2n) is 6.72. The molecule has 0 radical (unpaired) electrons. The van der Waals surface area contributed by atoms with Crippen molar-refractivity contribution < 1.29 is 47.6 Å². The number of rotatable bonds is 17. The van der Waals surface area contributed by atoms with Crippen LogP contribution in [0.3, 0.4) is 0 Å². The largest absolute Gasteiger partial charge is 1.00 e. The van der Waals surface area contributed by atoms with E-state index in [0.29, 0.717) is 6.42 Å². The Morgan fingerprint density at radius 2 is 1.36 bits per heavy atom. The van der Waals surface area contributed by atoms with Gasteiger partial charge in [0.2, 0.25) is 0 Å². The molecule has 0 aliphatic heterocycles. The maximum Gasteiger partial charge on any atom is 1.00 e. The van der Waals surface area contributed by atoms with Crippen LogP contribution >= 0.6 is 0 Å². The van der Waals surface area contributed by atoms with Crippen molar-refractivity contribution in [3.63, 3.8) is 0 Å². The van der Waals surface area contributed by atoms with Crippen LogP contribution in [-0.4, -0.2) is 29.9 Å². The van der Waals surface area contributed by atoms with E-state index in [4.69, 9.17) is 0 Å². The molecule has 0 amide bonds. The number of aliphatic hydroxyl groups excluding tert-OH is 1. The van der Waals surface area contributed by atoms with Gasteiger partial charge in [-0.3, -0.25) is 0 Å². The molecule has 6 heteroatoms. The molecule has 0 unspecified atom stereocenters. The van der Waals surface area contributed by atoms with Gasteiger partial charge in [-0.2, -0.15) is 0 Å². The summed E-state index contributed by atoms with van der Waals surface area (Å²) in [5, 5.41) is 9.67. The van der Waals surface area contributed by atoms with Crippen molar-refractivity contribution in [3.8, 4) is 0 Å². The first-order valence-electron chi connectivity index (χ1n) is 9.74. The molecule has 0 fully saturated rings. The van der Waals surface area contributed by atoms with Gasteiger partial charge in [0.15, 0.2) is 0 Å². The molecule has 0 spiro atoms. The van der Waals surface area contributed by atoms with Gasteiger partial charge in [-0.25, -0.2) is 8.42 Å². The molecule has 25 heavy (non-hydrogen) atoms. The van der Waals surface area contributed by atoms with Crippen LogP contribution < -0.4 is 29.6 Å². The van der Waals surface area contributed by atoms with E-state index in [1.165, 1.54) is 38.5 Å². The van der Waals surface area contributed by atoms with Gasteiger partial charge in [0.05, 0.1) is 16.2 Å². The Hall–Kier alpha value is 0.610. The summed E-state index contributed by atoms with van der Waals surface area (Å²) in [5.41, 5.74) is 0. The molecule has 0 aromatic heterocycles. The number of hydrogen-bond donors (Lipinski definition) is 1. The average molecular weight is 385 g/mol. The van der Waals surface area contributed by atoms with Crippen molar-refractivity contribution in [1.29, 1.82) is 0 Å². The standard InChI is InChI=1S/C19H38O4S.Na/c1-2-3-16-19(20)17-14-12-10-8-6-4-5-7-9-11-13-15-18-24(21,22)23;/h14,17,19-20H,2-13,15-16,18H2,1H3,(H,21,22,23);/q;+1/p-1/b17-14-;/t19-;/m1./s1. The molecule has 0 aliphatic carbocycles. The smallest absolute Gasteiger partial charge is 0.748 e. The first kappa shape index (κ1) is 27.8. The first-order valence-corrected chi connectivity index (χ1v) is 11.3. The van der Waals surface area contributed by atoms with E-state index in [9.17, 15) is 18.1 Å². The molecule has 4 nitrogen and oxygen atoms in total. The summed E-state index contributed by atoms with van der Waals surface area (Å²) in [5.74, 6) is -0.211. The first-order chi connectivity index (χ1) is 11.5. The Kier molecular flexibility index (Phi) is 21.6. The molecule has 0 saturated heterocycles. The predicted molar refractivity (Wildman–Crippen MR) is 100 cm³/mol. The minimum Gasteiger partial charge on any atom is -0.748 e. The Morgan fingerprint density at radius 1 is 0.880 bits per heavy atom. The van der Waals surface area contributed by atoms with Gasteiger partial charge >= 0.3 is 29.6 Å². The maximum absolute atomic E-state index is 10.4. The minimum atomic E-state index is -4.02. The van der Waals surface area contributed by atoms with Gasteiger partial charge in [0.25, 0.3) is 0 Å². The quantitative estimate of drug-likeness (QED) is 0.180. The van der Waals surface area contributed by atoms with E-state index in [2.05, 4.69) is 13.0 Å². The molecule has 0 aromatic rings. The Balaban J connectivity index is 0. The van der Waals surface area contributed by atoms with Gasteiger partial charge in [0.1, 0.15) is 0 Å². The van der Waals surface area contributed by atoms with Crippen LogP contribution in [0.2, 0.25) is 0 Å². The topological polar surface area (TPSA) is 77.4 Å². The van der Waals surface area contributed by atoms with E-state index in [1.54, 1.807) is 0 Å². The van der Waals surface area contributed by atoms with Crippen LogP contribution in [0.25, 0.3) is 0 Å². The number of aliphatic hydroxyl groups is 1. The molecule has 0 aliphatic rings. The summed E-state index contributed by atoms with van der Waals surface area (Å²) in [6, 6.07) is 0. The van der Waals surface area contributed by atoms with Crippen LogP contribution in [0.1, 0.15) is 96.8 Å². The summed E-state index contributed by atoms with van der Waals surface area (Å²) >= 11 is 0. The molecule has 0 rings (SSSR count). The van der Waals surface area contributed by atoms with Gasteiger partial charge in [-0.15, -0.1) is 0 Å². The number of allylic oxidation sites excluding steroid dienone is 1. The zero-order valence-corrected chi connectivity index (χ0v) is 19.2. The Morgan fingerprint density at radius 3 is 1.84 bits per heavy atom. The zero-order valence-electron chi connectivity index (χ0n) is 16.4. The minimum absolute atomic E-state index is 0. The molecule has 144 valence electrons. The number of hydrogen-bond acceptors (Lipinski definition) is 4. The Bertz CT molecular complexity index is 396. The molecule has 0 heterocycles. The number of unbranched alkanes of at least 4 members (excludes halogenated alkanes) is 11. The summed E-state index contributed by atoms with van der Waals surface area (Å²) in [4.78, 5) is 0. The third kappa shape index (κ3) is 24.6. The molecule has 1 atom stereocenters. The van der Waals surface area contributed by atoms with Gasteiger partial charge in [-0.05, 0) is 25.7 Å². The van der Waals surface area contributed by atoms with Gasteiger partial charge in [0, 0.05) is 5.75 Å². The molecule has 0 saturated carbocycles. The average Bonchev–Trinajstić information content (AvgIpc) is 2.52. The van der Waals surface area contributed by atoms with Crippen LogP contribution in [0.15, 0.2) is 12.2 Å². The second-order valence-corrected chi connectivity index (χ2v) is 8.25. The van der Waals surface area contributed by atoms with Crippen LogP contribution in [0.5, 0.6) is 0 Å². The van der Waals surface area contributed by atoms with Crippen molar-refractivity contribution in [2.24, 2.45) is 0 Å². The molecule has 0 bridgehead atoms. The van der Waals surface area contributed by atoms with E-state index < -0.39 is 10.1 Å². The summed E-state index contributed by atoms with van der Waals surface area (Å²) in [6.45, 7) is 2.14. The third-order valence-corrected chi connectivity index (χ3v) is 5.02. The van der Waals surface area contributed by atoms with E-state index in [-0.39, 0.29) is 41.4 Å². The zero-order chi connectivity index (χ0) is 18.1. The molecular weight excluding hydrogens is 347 g/mol. The van der Waals surface area contributed by atoms with E-state index in [1.807, 2.05) is 6.08 Å². The van der Waals surface area contributed by atoms with Crippen LogP contribution in [-0.2, 0) is 10.1 Å². The SMILES string of the molecule is CCCC[C@@H](O)/C=C\CCCCCCCCCCCCS(=O)(=O)[O-].[Na+]. The van der Waals surface area contributed by atoms with Gasteiger partial charge < -0.3 is 9.66 Å². The van der Waals surface area contributed by atoms with E-state index >= 15 is 0 Å². The second kappa shape index (κ2) is 19.4. The van der Waals surface area contributed by atoms with Crippen molar-refractivity contribution in [1.82, 2.24) is 0 Å². The molecule has 0 aromatic carbocycles. The van der Waals surface area contributed by atoms with Crippen molar-refractivity contribution in [2.75, 3.05) is 5.75 Å². The summed E-state index contributed by atoms with van der Waals surface area (Å²) in [7, 11) is -4.02. The third-order valence-electron chi connectivity index (χ3n) is 4.23. The fraction of sp³-hybridized carbons (Fsp3) is 0.895. The Labute approximate surface area is 177 Å². The fourth-order valence-corrected chi connectivity index (χ4v) is 3.28. The molecular formula is C19H37NaO4S. The summed E-state index contributed by atoms with van der Waals surface area (Å²) in [6.07, 6.45) is 18.9. The van der Waals surface area contributed by atoms with Crippen LogP contribution in [0, 0.1) is 0 Å². The summed E-state index contributed by atoms with van der Waals surface area (Å²) < 4.78 is 31.3. The fourth-order valence-electron chi connectivity index (χ4n) is 2.72. The normalized spacial score (nSPS) is 13.1.